The van der Waals surface area contributed by atoms with E-state index in [1.165, 1.54) is 5.56 Å². The molecule has 0 unspecified atom stereocenters. The van der Waals surface area contributed by atoms with E-state index in [-0.39, 0.29) is 11.9 Å². The van der Waals surface area contributed by atoms with E-state index in [0.717, 1.165) is 17.5 Å². The second-order valence-electron chi connectivity index (χ2n) is 6.59. The third kappa shape index (κ3) is 5.16. The fourth-order valence-corrected chi connectivity index (χ4v) is 2.82. The van der Waals surface area contributed by atoms with Gasteiger partial charge in [0.05, 0.1) is 20.3 Å². The van der Waals surface area contributed by atoms with Gasteiger partial charge in [0.2, 0.25) is 0 Å². The van der Waals surface area contributed by atoms with E-state index in [4.69, 9.17) is 14.2 Å². The van der Waals surface area contributed by atoms with Gasteiger partial charge in [-0.05, 0) is 68.1 Å². The first-order chi connectivity index (χ1) is 12.9. The molecule has 0 heterocycles. The molecule has 0 radical (unpaired) electrons. The standard InChI is InChI=1S/C22H29NO4/c1-7-19(17-9-11-20(25-5)21(13-17)26-6)23-22(24)16(4)27-18-10-8-14(2)15(3)12-18/h8-13,16,19H,7H2,1-6H3,(H,23,24)/t16-,19+/m1/s1. The topological polar surface area (TPSA) is 56.8 Å². The number of rotatable bonds is 8. The summed E-state index contributed by atoms with van der Waals surface area (Å²) < 4.78 is 16.5. The summed E-state index contributed by atoms with van der Waals surface area (Å²) >= 11 is 0. The number of nitrogens with one attached hydrogen (secondary N) is 1. The van der Waals surface area contributed by atoms with E-state index in [1.807, 2.05) is 57.2 Å². The van der Waals surface area contributed by atoms with E-state index in [9.17, 15) is 4.79 Å². The zero-order valence-corrected chi connectivity index (χ0v) is 17.0. The molecule has 146 valence electrons. The predicted molar refractivity (Wildman–Crippen MR) is 107 cm³/mol. The van der Waals surface area contributed by atoms with Crippen molar-refractivity contribution in [2.45, 2.75) is 46.3 Å². The molecule has 1 N–H and O–H groups in total. The Morgan fingerprint density at radius 1 is 1.00 bits per heavy atom. The molecule has 0 spiro atoms. The molecule has 0 fully saturated rings. The van der Waals surface area contributed by atoms with Gasteiger partial charge in [-0.2, -0.15) is 0 Å². The van der Waals surface area contributed by atoms with Crippen molar-refractivity contribution in [3.8, 4) is 17.2 Å². The lowest BCUT2D eigenvalue weighted by molar-refractivity contribution is -0.128. The number of hydrogen-bond donors (Lipinski definition) is 1. The number of ether oxygens (including phenoxy) is 3. The molecule has 0 aliphatic carbocycles. The summed E-state index contributed by atoms with van der Waals surface area (Å²) in [6.07, 6.45) is 0.152. The predicted octanol–water partition coefficient (Wildman–Crippen LogP) is 4.36. The molecule has 2 rings (SSSR count). The Kier molecular flexibility index (Phi) is 7.11. The zero-order chi connectivity index (χ0) is 20.0. The van der Waals surface area contributed by atoms with Crippen molar-refractivity contribution >= 4 is 5.91 Å². The Hall–Kier alpha value is -2.69. The summed E-state index contributed by atoms with van der Waals surface area (Å²) in [5.74, 6) is 1.84. The van der Waals surface area contributed by atoms with Crippen molar-refractivity contribution < 1.29 is 19.0 Å². The number of benzene rings is 2. The highest BCUT2D eigenvalue weighted by molar-refractivity contribution is 5.81. The van der Waals surface area contributed by atoms with Crippen LogP contribution in [-0.4, -0.2) is 26.2 Å². The monoisotopic (exact) mass is 371 g/mol. The quantitative estimate of drug-likeness (QED) is 0.749. The van der Waals surface area contributed by atoms with Crippen molar-refractivity contribution in [1.82, 2.24) is 5.32 Å². The molecule has 5 heteroatoms. The molecule has 0 saturated heterocycles. The smallest absolute Gasteiger partial charge is 0.261 e. The maximum absolute atomic E-state index is 12.6. The summed E-state index contributed by atoms with van der Waals surface area (Å²) in [6, 6.07) is 11.4. The minimum absolute atomic E-state index is 0.136. The van der Waals surface area contributed by atoms with Crippen LogP contribution in [0.1, 0.15) is 43.0 Å². The second-order valence-corrected chi connectivity index (χ2v) is 6.59. The Labute approximate surface area is 161 Å². The third-order valence-electron chi connectivity index (χ3n) is 4.70. The first kappa shape index (κ1) is 20.6. The average molecular weight is 371 g/mol. The van der Waals surface area contributed by atoms with Crippen LogP contribution in [0.25, 0.3) is 0 Å². The first-order valence-electron chi connectivity index (χ1n) is 9.15. The van der Waals surface area contributed by atoms with E-state index in [2.05, 4.69) is 5.32 Å². The van der Waals surface area contributed by atoms with Crippen LogP contribution in [-0.2, 0) is 4.79 Å². The molecule has 0 aromatic heterocycles. The van der Waals surface area contributed by atoms with Crippen molar-refractivity contribution in [2.24, 2.45) is 0 Å². The SMILES string of the molecule is CC[C@H](NC(=O)[C@@H](C)Oc1ccc(C)c(C)c1)c1ccc(OC)c(OC)c1. The van der Waals surface area contributed by atoms with Crippen LogP contribution in [0.3, 0.4) is 0 Å². The largest absolute Gasteiger partial charge is 0.493 e. The molecule has 2 atom stereocenters. The lowest BCUT2D eigenvalue weighted by atomic mass is 10.0. The van der Waals surface area contributed by atoms with Gasteiger partial charge in [0, 0.05) is 0 Å². The van der Waals surface area contributed by atoms with Crippen LogP contribution in [0.4, 0.5) is 0 Å². The van der Waals surface area contributed by atoms with Crippen LogP contribution >= 0.6 is 0 Å². The maximum atomic E-state index is 12.6. The highest BCUT2D eigenvalue weighted by Gasteiger charge is 2.20. The molecule has 27 heavy (non-hydrogen) atoms. The van der Waals surface area contributed by atoms with Crippen molar-refractivity contribution in [3.05, 3.63) is 53.1 Å². The third-order valence-corrected chi connectivity index (χ3v) is 4.70. The normalized spacial score (nSPS) is 12.8. The molecular formula is C22H29NO4. The fraction of sp³-hybridized carbons (Fsp3) is 0.409. The van der Waals surface area contributed by atoms with E-state index >= 15 is 0 Å². The molecule has 2 aromatic carbocycles. The highest BCUT2D eigenvalue weighted by atomic mass is 16.5. The Morgan fingerprint density at radius 2 is 1.70 bits per heavy atom. The summed E-state index contributed by atoms with van der Waals surface area (Å²) in [5.41, 5.74) is 3.29. The van der Waals surface area contributed by atoms with Gasteiger partial charge in [-0.25, -0.2) is 0 Å². The van der Waals surface area contributed by atoms with Gasteiger partial charge in [0.15, 0.2) is 17.6 Å². The summed E-state index contributed by atoms with van der Waals surface area (Å²) in [4.78, 5) is 12.6. The Balaban J connectivity index is 2.08. The number of methoxy groups -OCH3 is 2. The lowest BCUT2D eigenvalue weighted by Gasteiger charge is -2.22. The number of aryl methyl sites for hydroxylation is 2. The molecule has 5 nitrogen and oxygen atoms in total. The van der Waals surface area contributed by atoms with Crippen LogP contribution < -0.4 is 19.5 Å². The minimum atomic E-state index is -0.596. The molecular weight excluding hydrogens is 342 g/mol. The van der Waals surface area contributed by atoms with Gasteiger partial charge in [-0.15, -0.1) is 0 Å². The van der Waals surface area contributed by atoms with Gasteiger partial charge in [-0.3, -0.25) is 4.79 Å². The van der Waals surface area contributed by atoms with Crippen molar-refractivity contribution in [3.63, 3.8) is 0 Å². The molecule has 0 aliphatic rings. The molecule has 0 aliphatic heterocycles. The average Bonchev–Trinajstić information content (AvgIpc) is 2.68. The fourth-order valence-electron chi connectivity index (χ4n) is 2.82. The lowest BCUT2D eigenvalue weighted by Crippen LogP contribution is -2.38. The van der Waals surface area contributed by atoms with Crippen LogP contribution in [0.15, 0.2) is 36.4 Å². The molecule has 0 saturated carbocycles. The van der Waals surface area contributed by atoms with Crippen LogP contribution in [0, 0.1) is 13.8 Å². The first-order valence-corrected chi connectivity index (χ1v) is 9.15. The summed E-state index contributed by atoms with van der Waals surface area (Å²) in [5, 5.41) is 3.06. The van der Waals surface area contributed by atoms with Gasteiger partial charge >= 0.3 is 0 Å². The van der Waals surface area contributed by atoms with Crippen molar-refractivity contribution in [2.75, 3.05) is 14.2 Å². The van der Waals surface area contributed by atoms with E-state index in [0.29, 0.717) is 17.2 Å². The summed E-state index contributed by atoms with van der Waals surface area (Å²) in [7, 11) is 3.20. The molecule has 2 aromatic rings. The van der Waals surface area contributed by atoms with Gasteiger partial charge in [0.25, 0.3) is 5.91 Å². The summed E-state index contributed by atoms with van der Waals surface area (Å²) in [6.45, 7) is 7.85. The highest BCUT2D eigenvalue weighted by Crippen LogP contribution is 2.31. The maximum Gasteiger partial charge on any atom is 0.261 e. The number of carbonyl (C=O) groups is 1. The van der Waals surface area contributed by atoms with Gasteiger partial charge < -0.3 is 19.5 Å². The van der Waals surface area contributed by atoms with Crippen LogP contribution in [0.2, 0.25) is 0 Å². The Bertz CT molecular complexity index is 788. The van der Waals surface area contributed by atoms with Crippen LogP contribution in [0.5, 0.6) is 17.2 Å². The minimum Gasteiger partial charge on any atom is -0.493 e. The zero-order valence-electron chi connectivity index (χ0n) is 17.0. The number of hydrogen-bond acceptors (Lipinski definition) is 4. The van der Waals surface area contributed by atoms with Crippen molar-refractivity contribution in [1.29, 1.82) is 0 Å². The molecule has 1 amide bonds. The van der Waals surface area contributed by atoms with E-state index in [1.54, 1.807) is 21.1 Å². The Morgan fingerprint density at radius 3 is 2.30 bits per heavy atom. The number of amides is 1. The number of carbonyl (C=O) groups excluding carboxylic acids is 1. The van der Waals surface area contributed by atoms with E-state index < -0.39 is 6.10 Å². The molecule has 0 bridgehead atoms. The second kappa shape index (κ2) is 9.31. The van der Waals surface area contributed by atoms with Gasteiger partial charge in [-0.1, -0.05) is 19.1 Å². The van der Waals surface area contributed by atoms with Gasteiger partial charge in [0.1, 0.15) is 5.75 Å².